The van der Waals surface area contributed by atoms with E-state index in [-0.39, 0.29) is 152 Å². The molecule has 0 aromatic carbocycles. The maximum Gasteiger partial charge on any atom is 0.347 e. The maximum absolute atomic E-state index is 14.0. The quantitative estimate of drug-likeness (QED) is 0.0158. The average molecular weight is 2260 g/mol. The van der Waals surface area contributed by atoms with Gasteiger partial charge in [-0.05, 0) is 79.3 Å². The third-order valence-corrected chi connectivity index (χ3v) is 31.9. The zero-order valence-corrected chi connectivity index (χ0v) is 87.7. The maximum atomic E-state index is 14.0. The Morgan fingerprint density at radius 2 is 0.762 bits per heavy atom. The molecule has 10 aromatic rings. The van der Waals surface area contributed by atoms with E-state index in [0.29, 0.717) is 17.6 Å². The second-order valence-corrected chi connectivity index (χ2v) is 47.4. The molecule has 6 fully saturated rings. The van der Waals surface area contributed by atoms with E-state index < -0.39 is 230 Å². The number of aromatic amines is 3. The van der Waals surface area contributed by atoms with E-state index in [1.54, 1.807) is 4.57 Å². The summed E-state index contributed by atoms with van der Waals surface area (Å²) in [5, 5.41) is 12.0. The van der Waals surface area contributed by atoms with Crippen molar-refractivity contribution in [1.29, 1.82) is 0 Å². The zero-order valence-electron chi connectivity index (χ0n) is 79.1. The number of H-pyrrole nitrogens is 3. The highest BCUT2D eigenvalue weighted by atomic mass is 32.5. The average Bonchev–Trinajstić information content (AvgIpc) is 1.62. The number of aliphatic hydroxyl groups excluding tert-OH is 1. The molecular weight excluding hydrogens is 2150 g/mol. The van der Waals surface area contributed by atoms with Gasteiger partial charge in [0, 0.05) is 59.3 Å². The molecule has 0 bridgehead atoms. The van der Waals surface area contributed by atoms with E-state index in [4.69, 9.17) is 209 Å². The molecule has 0 radical (unpaired) electrons. The van der Waals surface area contributed by atoms with Crippen LogP contribution in [-0.4, -0.2) is 366 Å². The number of aromatic nitrogens is 20. The van der Waals surface area contributed by atoms with E-state index in [1.807, 2.05) is 6.92 Å². The van der Waals surface area contributed by atoms with Crippen molar-refractivity contribution in [3.8, 4) is 0 Å². The fourth-order valence-electron chi connectivity index (χ4n) is 17.2. The standard InChI is InChI=1S/C76H108N25O36P5S5/c1-9-36-37(20-43(127-36)98-30-88-45-61(78)82-27-85-64(45)98)133-138(107,143)123-24-40-51(57(119-17-12-114-6)71(130-40)97-21-34(2)68(103)96-76(97)106)135-141(110,146)125-25-41-52(58(120-18-13-115-7)72(131-41)100-32-90-47-63(80)84-29-87-66(47)100)136-142(111,147)126-26-42-53(59(121-19-14-116-8)73(132-42)101-33-91-48-67(101)94-74(81)95-69(48)104)137-140(109,145)124-23-39-50(56(118-16-11-113-5)54(128-39)44-35(3)60(77)93-75(105)92-44)134-139(108,144)122-22-38-49(102)55(117-15-10-112-4)70(129-38)99-31-89-46-62(79)83-28-86-65(46)99/h21,27-33,36-43,49-59,70-73,102H,9-20,22-26H2,1-8H3,(H,107,143)(H,108,144)(H,109,145)(H,110,146)(H,111,147)(H2,78,82,85)(H2,79,83,86)(H2,80,84,87)(H,96,103,106)(H3,77,92,93,105)(H3,81,94,95,104)/t36-,37?,38-,39-,40-,41-,42-,43-,49?,50?,51?,52?,53?,54+,55+,56+,57+,58+,59+,70-,71-,72-,73-,138?,139?,140?,141?,142?/m1/s1. The summed E-state index contributed by atoms with van der Waals surface area (Å²) in [5.41, 5.74) is 28.6. The number of anilines is 5. The first-order chi connectivity index (χ1) is 70.2. The van der Waals surface area contributed by atoms with Crippen LogP contribution in [-0.2, 0) is 180 Å². The molecule has 11 unspecified atom stereocenters. The number of aryl methyl sites for hydroxylation is 1. The van der Waals surface area contributed by atoms with Crippen molar-refractivity contribution in [1.82, 2.24) is 97.6 Å². The number of hydrogen-bond acceptors (Lipinski definition) is 53. The molecule has 71 heteroatoms. The van der Waals surface area contributed by atoms with Crippen LogP contribution in [0.25, 0.3) is 44.7 Å². The summed E-state index contributed by atoms with van der Waals surface area (Å²) in [4.78, 5) is 175. The van der Waals surface area contributed by atoms with Crippen LogP contribution in [0.4, 0.5) is 29.2 Å². The molecule has 6 aliphatic heterocycles. The molecule has 19 N–H and O–H groups in total. The van der Waals surface area contributed by atoms with Gasteiger partial charge in [0.05, 0.1) is 142 Å². The summed E-state index contributed by atoms with van der Waals surface area (Å²) in [5.74, 6) is -0.495. The number of nitrogen functional groups attached to an aromatic ring is 5. The van der Waals surface area contributed by atoms with E-state index in [2.05, 4.69) is 74.8 Å². The number of nitrogens with one attached hydrogen (secondary N) is 3. The van der Waals surface area contributed by atoms with Crippen molar-refractivity contribution < 1.29 is 151 Å². The number of hydrogen-bond donors (Lipinski definition) is 14. The third kappa shape index (κ3) is 25.8. The Morgan fingerprint density at radius 3 is 1.20 bits per heavy atom. The minimum Gasteiger partial charge on any atom is -0.387 e. The van der Waals surface area contributed by atoms with Crippen LogP contribution in [0.1, 0.15) is 73.8 Å². The monoisotopic (exact) mass is 2260 g/mol. The van der Waals surface area contributed by atoms with Gasteiger partial charge < -0.3 is 166 Å². The number of rotatable bonds is 52. The van der Waals surface area contributed by atoms with Crippen LogP contribution in [0.2, 0.25) is 0 Å². The normalized spacial score (nSPS) is 29.0. The predicted octanol–water partition coefficient (Wildman–Crippen LogP) is -1.16. The molecule has 0 aliphatic carbocycles. The smallest absolute Gasteiger partial charge is 0.347 e. The highest BCUT2D eigenvalue weighted by molar-refractivity contribution is 8.08. The van der Waals surface area contributed by atoms with E-state index >= 15 is 0 Å². The number of aliphatic hydroxyl groups is 1. The minimum atomic E-state index is -5.02. The minimum absolute atomic E-state index is 0.0136. The van der Waals surface area contributed by atoms with Gasteiger partial charge in [0.25, 0.3) is 11.1 Å². The fourth-order valence-corrected chi connectivity index (χ4v) is 24.4. The van der Waals surface area contributed by atoms with Crippen molar-refractivity contribution >= 4 is 167 Å². The summed E-state index contributed by atoms with van der Waals surface area (Å²) >= 11 is 29.3. The summed E-state index contributed by atoms with van der Waals surface area (Å²) in [6.07, 6.45) is -22.6. The Bertz CT molecular complexity index is 6790. The first-order valence-corrected chi connectivity index (χ1v) is 57.8. The Kier molecular flexibility index (Phi) is 37.0. The highest BCUT2D eigenvalue weighted by Gasteiger charge is 2.58. The molecule has 0 amide bonds. The van der Waals surface area contributed by atoms with E-state index in [1.165, 1.54) is 101 Å². The predicted molar refractivity (Wildman–Crippen MR) is 525 cm³/mol. The SMILES string of the molecule is CC[C@H]1O[C@@H](n2cnc3c(N)ncnc32)CC1OP(O)(=S)OC[C@H]1O[C@@H](n2cc(C)c(=O)[nH]c2=O)[C@@H](OCCOC)C1OP(O)(=S)OC[C@H]1O[C@@H](n2cnc3c(N)ncnc32)[C@@H](OCCOC)C1OP(O)(=S)OC[C@H]1O[C@@H](n2cnc3c(=O)[nH]c(N)nc32)[C@@H](OCCOC)C1OP(O)(=S)OC[C@H]1O[C@@H](c2[nH]c(=O)nc(N)c2C)[C@@H](OCCOC)C1OP(O)(=S)OC[C@H]1O[C@@H](n2cnc3c(N)ncnc32)[C@@H](OCCOC)C1O. The lowest BCUT2D eigenvalue weighted by Gasteiger charge is -2.31. The Morgan fingerprint density at radius 1 is 0.395 bits per heavy atom. The highest BCUT2D eigenvalue weighted by Crippen LogP contribution is 2.59. The molecule has 0 spiro atoms. The summed E-state index contributed by atoms with van der Waals surface area (Å²) in [6.45, 7) is -24.8. The van der Waals surface area contributed by atoms with Crippen molar-refractivity contribution in [2.75, 3.05) is 163 Å². The summed E-state index contributed by atoms with van der Waals surface area (Å²) < 4.78 is 168. The van der Waals surface area contributed by atoms with Crippen LogP contribution >= 0.6 is 33.6 Å². The molecule has 0 saturated carbocycles. The van der Waals surface area contributed by atoms with Gasteiger partial charge in [-0.25, -0.2) is 59.4 Å². The molecule has 808 valence electrons. The molecule has 16 rings (SSSR count). The summed E-state index contributed by atoms with van der Waals surface area (Å²) in [7, 11) is 6.98. The Hall–Kier alpha value is -7.47. The second-order valence-electron chi connectivity index (χ2n) is 33.5. The first-order valence-electron chi connectivity index (χ1n) is 44.9. The van der Waals surface area contributed by atoms with Gasteiger partial charge in [0.15, 0.2) is 70.5 Å². The summed E-state index contributed by atoms with van der Waals surface area (Å²) in [6, 6.07) is 0. The van der Waals surface area contributed by atoms with Gasteiger partial charge in [-0.15, -0.1) is 0 Å². The Balaban J connectivity index is 0.690. The molecular formula is C76H108N25O36P5S5. The second kappa shape index (κ2) is 48.5. The molecule has 10 aromatic heterocycles. The number of nitrogens with zero attached hydrogens (tertiary/aromatic N) is 17. The van der Waals surface area contributed by atoms with Gasteiger partial charge in [-0.3, -0.25) is 60.5 Å². The number of imidazole rings is 4. The van der Waals surface area contributed by atoms with Gasteiger partial charge in [-0.2, -0.15) is 9.97 Å². The number of nitrogens with two attached hydrogens (primary N) is 5. The van der Waals surface area contributed by atoms with Crippen LogP contribution < -0.4 is 51.2 Å². The van der Waals surface area contributed by atoms with Gasteiger partial charge in [-0.1, -0.05) is 6.92 Å². The van der Waals surface area contributed by atoms with Gasteiger partial charge in [0.1, 0.15) is 145 Å². The van der Waals surface area contributed by atoms with Crippen molar-refractivity contribution in [2.24, 2.45) is 0 Å². The van der Waals surface area contributed by atoms with Gasteiger partial charge in [0.2, 0.25) is 5.95 Å². The molecule has 28 atom stereocenters. The molecule has 6 aliphatic rings. The van der Waals surface area contributed by atoms with Crippen LogP contribution in [0.5, 0.6) is 0 Å². The van der Waals surface area contributed by atoms with E-state index in [0.717, 1.165) is 17.2 Å². The third-order valence-electron chi connectivity index (χ3n) is 24.0. The number of methoxy groups -OCH3 is 5. The largest absolute Gasteiger partial charge is 0.387 e. The topological polar surface area (TPSA) is 786 Å². The number of ether oxygens (including phenoxy) is 16. The first kappa shape index (κ1) is 112. The lowest BCUT2D eigenvalue weighted by molar-refractivity contribution is -0.0822. The fraction of sp³-hybridized carbons (Fsp3) is 0.632. The molecule has 16 heterocycles. The van der Waals surface area contributed by atoms with Crippen LogP contribution in [0, 0.1) is 13.8 Å². The zero-order chi connectivity index (χ0) is 105. The lowest BCUT2D eigenvalue weighted by Crippen LogP contribution is -2.41. The molecule has 6 saturated heterocycles. The van der Waals surface area contributed by atoms with Crippen molar-refractivity contribution in [2.45, 2.75) is 175 Å². The number of fused-ring (bicyclic) bond motifs is 4. The molecule has 61 nitrogen and oxygen atoms in total. The lowest BCUT2D eigenvalue weighted by atomic mass is 10.0. The van der Waals surface area contributed by atoms with Gasteiger partial charge >= 0.3 is 45.0 Å². The van der Waals surface area contributed by atoms with Crippen molar-refractivity contribution in [3.05, 3.63) is 109 Å². The Labute approximate surface area is 856 Å². The molecule has 147 heavy (non-hydrogen) atoms. The van der Waals surface area contributed by atoms with Crippen LogP contribution in [0.3, 0.4) is 0 Å². The van der Waals surface area contributed by atoms with Crippen molar-refractivity contribution in [3.63, 3.8) is 0 Å². The van der Waals surface area contributed by atoms with Crippen LogP contribution in [0.15, 0.2) is 69.7 Å². The van der Waals surface area contributed by atoms with E-state index in [9.17, 15) is 48.8 Å².